The van der Waals surface area contributed by atoms with Gasteiger partial charge in [-0.1, -0.05) is 30.3 Å². The van der Waals surface area contributed by atoms with E-state index >= 15 is 0 Å². The van der Waals surface area contributed by atoms with Gasteiger partial charge in [-0.15, -0.1) is 0 Å². The fourth-order valence-electron chi connectivity index (χ4n) is 3.61. The molecule has 0 bridgehead atoms. The van der Waals surface area contributed by atoms with Gasteiger partial charge in [0.1, 0.15) is 5.75 Å². The van der Waals surface area contributed by atoms with Crippen LogP contribution in [0.1, 0.15) is 11.1 Å². The van der Waals surface area contributed by atoms with Crippen molar-refractivity contribution in [2.75, 3.05) is 18.0 Å². The van der Waals surface area contributed by atoms with Crippen molar-refractivity contribution in [1.82, 2.24) is 0 Å². The molecule has 0 N–H and O–H groups in total. The summed E-state index contributed by atoms with van der Waals surface area (Å²) in [4.78, 5) is 0.123. The Labute approximate surface area is 172 Å². The van der Waals surface area contributed by atoms with Gasteiger partial charge in [0.15, 0.2) is 0 Å². The first-order chi connectivity index (χ1) is 14.2. The number of rotatable bonds is 4. The Balaban J connectivity index is 1.77. The minimum absolute atomic E-state index is 0.123. The summed E-state index contributed by atoms with van der Waals surface area (Å²) in [7, 11) is -2.34. The number of benzene rings is 3. The van der Waals surface area contributed by atoms with Crippen LogP contribution in [0.25, 0.3) is 11.1 Å². The normalized spacial score (nSPS) is 13.9. The van der Waals surface area contributed by atoms with Gasteiger partial charge in [-0.2, -0.15) is 13.2 Å². The molecule has 8 heteroatoms. The van der Waals surface area contributed by atoms with Crippen LogP contribution < -0.4 is 9.04 Å². The van der Waals surface area contributed by atoms with Crippen LogP contribution in [0.3, 0.4) is 0 Å². The maximum Gasteiger partial charge on any atom is 0.416 e. The van der Waals surface area contributed by atoms with Gasteiger partial charge in [0.05, 0.1) is 23.3 Å². The Kier molecular flexibility index (Phi) is 4.97. The van der Waals surface area contributed by atoms with Crippen molar-refractivity contribution in [3.05, 3.63) is 77.9 Å². The lowest BCUT2D eigenvalue weighted by molar-refractivity contribution is -0.137. The van der Waals surface area contributed by atoms with Gasteiger partial charge in [0.25, 0.3) is 10.0 Å². The molecule has 30 heavy (non-hydrogen) atoms. The van der Waals surface area contributed by atoms with Crippen molar-refractivity contribution in [3.63, 3.8) is 0 Å². The quantitative estimate of drug-likeness (QED) is 0.573. The average Bonchev–Trinajstić information content (AvgIpc) is 3.18. The van der Waals surface area contributed by atoms with E-state index in [9.17, 15) is 21.6 Å². The summed E-state index contributed by atoms with van der Waals surface area (Å²) in [5.41, 5.74) is 1.70. The number of anilines is 1. The summed E-state index contributed by atoms with van der Waals surface area (Å²) < 4.78 is 71.7. The number of para-hydroxylation sites is 1. The second-order valence-corrected chi connectivity index (χ2v) is 8.75. The molecular weight excluding hydrogens is 415 g/mol. The molecular formula is C22H18F3NO3S. The third kappa shape index (κ3) is 3.52. The number of ether oxygens (including phenoxy) is 1. The van der Waals surface area contributed by atoms with Crippen LogP contribution in [0.4, 0.5) is 18.9 Å². The first kappa shape index (κ1) is 20.3. The zero-order valence-corrected chi connectivity index (χ0v) is 16.8. The molecule has 0 amide bonds. The van der Waals surface area contributed by atoms with Gasteiger partial charge in [-0.25, -0.2) is 8.42 Å². The minimum Gasteiger partial charge on any atom is -0.497 e. The topological polar surface area (TPSA) is 46.6 Å². The van der Waals surface area contributed by atoms with Gasteiger partial charge in [-0.3, -0.25) is 4.31 Å². The molecule has 3 aromatic rings. The third-order valence-corrected chi connectivity index (χ3v) is 6.94. The highest BCUT2D eigenvalue weighted by molar-refractivity contribution is 7.92. The van der Waals surface area contributed by atoms with E-state index in [0.29, 0.717) is 29.0 Å². The van der Waals surface area contributed by atoms with Gasteiger partial charge in [0, 0.05) is 12.1 Å². The highest BCUT2D eigenvalue weighted by Gasteiger charge is 2.34. The maximum atomic E-state index is 13.3. The molecule has 0 unspecified atom stereocenters. The maximum absolute atomic E-state index is 13.3. The Hall–Kier alpha value is -3.00. The third-order valence-electron chi connectivity index (χ3n) is 5.12. The van der Waals surface area contributed by atoms with Crippen molar-refractivity contribution in [2.24, 2.45) is 0 Å². The summed E-state index contributed by atoms with van der Waals surface area (Å²) >= 11 is 0. The van der Waals surface area contributed by atoms with Crippen LogP contribution in [0.15, 0.2) is 71.6 Å². The molecule has 0 saturated carbocycles. The summed E-state index contributed by atoms with van der Waals surface area (Å²) in [6.07, 6.45) is -3.90. The molecule has 1 aliphatic heterocycles. The van der Waals surface area contributed by atoms with Gasteiger partial charge < -0.3 is 4.74 Å². The van der Waals surface area contributed by atoms with Gasteiger partial charge in [-0.05, 0) is 53.9 Å². The van der Waals surface area contributed by atoms with Crippen molar-refractivity contribution >= 4 is 15.7 Å². The Bertz CT molecular complexity index is 1170. The van der Waals surface area contributed by atoms with Gasteiger partial charge >= 0.3 is 6.18 Å². The van der Waals surface area contributed by atoms with Crippen molar-refractivity contribution in [2.45, 2.75) is 17.5 Å². The van der Waals surface area contributed by atoms with E-state index in [-0.39, 0.29) is 11.4 Å². The number of fused-ring (bicyclic) bond motifs is 1. The molecule has 1 aliphatic rings. The summed E-state index contributed by atoms with van der Waals surface area (Å²) in [6, 6.07) is 16.2. The molecule has 0 aliphatic carbocycles. The predicted molar refractivity (Wildman–Crippen MR) is 108 cm³/mol. The van der Waals surface area contributed by atoms with Crippen molar-refractivity contribution in [1.29, 1.82) is 0 Å². The molecule has 0 saturated heterocycles. The predicted octanol–water partition coefficient (Wildman–Crippen LogP) is 5.13. The van der Waals surface area contributed by atoms with Crippen LogP contribution >= 0.6 is 0 Å². The lowest BCUT2D eigenvalue weighted by atomic mass is 9.99. The fourth-order valence-corrected chi connectivity index (χ4v) is 5.13. The molecule has 156 valence electrons. The number of alkyl halides is 3. The molecule has 1 heterocycles. The first-order valence-electron chi connectivity index (χ1n) is 9.18. The van der Waals surface area contributed by atoms with E-state index in [1.165, 1.54) is 35.7 Å². The molecule has 0 radical (unpaired) electrons. The number of nitrogens with zero attached hydrogens (tertiary/aromatic N) is 1. The number of methoxy groups -OCH3 is 1. The lowest BCUT2D eigenvalue weighted by Gasteiger charge is -2.22. The number of halogens is 3. The highest BCUT2D eigenvalue weighted by atomic mass is 32.2. The Morgan fingerprint density at radius 3 is 2.20 bits per heavy atom. The molecule has 4 nitrogen and oxygen atoms in total. The minimum atomic E-state index is -4.43. The number of sulfonamides is 1. The average molecular weight is 433 g/mol. The Morgan fingerprint density at radius 1 is 0.933 bits per heavy atom. The largest absolute Gasteiger partial charge is 0.497 e. The van der Waals surface area contributed by atoms with Gasteiger partial charge in [0.2, 0.25) is 0 Å². The second kappa shape index (κ2) is 7.36. The SMILES string of the molecule is COc1ccc(S(=O)(=O)N2CCc3cccc(-c4ccc(C(F)(F)F)cc4)c32)cc1. The fraction of sp³-hybridized carbons (Fsp3) is 0.182. The molecule has 0 atom stereocenters. The highest BCUT2D eigenvalue weighted by Crippen LogP contribution is 2.41. The zero-order valence-electron chi connectivity index (χ0n) is 16.0. The molecule has 0 fully saturated rings. The van der Waals surface area contributed by atoms with Crippen LogP contribution in [0, 0.1) is 0 Å². The van der Waals surface area contributed by atoms with Crippen LogP contribution in [0.5, 0.6) is 5.75 Å². The van der Waals surface area contributed by atoms with Crippen LogP contribution in [0.2, 0.25) is 0 Å². The van der Waals surface area contributed by atoms with E-state index in [2.05, 4.69) is 0 Å². The van der Waals surface area contributed by atoms with Crippen LogP contribution in [-0.4, -0.2) is 22.1 Å². The smallest absolute Gasteiger partial charge is 0.416 e. The number of hydrogen-bond acceptors (Lipinski definition) is 3. The van der Waals surface area contributed by atoms with E-state index in [1.54, 1.807) is 24.3 Å². The Morgan fingerprint density at radius 2 is 1.60 bits per heavy atom. The van der Waals surface area contributed by atoms with E-state index in [0.717, 1.165) is 17.7 Å². The summed E-state index contributed by atoms with van der Waals surface area (Å²) in [5, 5.41) is 0. The molecule has 3 aromatic carbocycles. The van der Waals surface area contributed by atoms with Crippen molar-refractivity contribution < 1.29 is 26.3 Å². The number of hydrogen-bond donors (Lipinski definition) is 0. The first-order valence-corrected chi connectivity index (χ1v) is 10.6. The standard InChI is InChI=1S/C22H18F3NO3S/c1-29-18-9-11-19(12-10-18)30(27,28)26-14-13-16-3-2-4-20(21(16)26)15-5-7-17(8-6-15)22(23,24)25/h2-12H,13-14H2,1H3. The zero-order chi connectivity index (χ0) is 21.5. The van der Waals surface area contributed by atoms with E-state index in [1.807, 2.05) is 6.07 Å². The lowest BCUT2D eigenvalue weighted by Crippen LogP contribution is -2.29. The summed E-state index contributed by atoms with van der Waals surface area (Å²) in [6.45, 7) is 0.265. The van der Waals surface area contributed by atoms with E-state index in [4.69, 9.17) is 4.74 Å². The monoisotopic (exact) mass is 433 g/mol. The molecule has 4 rings (SSSR count). The molecule has 0 aromatic heterocycles. The second-order valence-electron chi connectivity index (χ2n) is 6.89. The molecule has 0 spiro atoms. The summed E-state index contributed by atoms with van der Waals surface area (Å²) in [5.74, 6) is 0.543. The van der Waals surface area contributed by atoms with Crippen LogP contribution in [-0.2, 0) is 22.6 Å². The van der Waals surface area contributed by atoms with Crippen molar-refractivity contribution in [3.8, 4) is 16.9 Å². The van der Waals surface area contributed by atoms with E-state index < -0.39 is 21.8 Å².